The lowest BCUT2D eigenvalue weighted by Gasteiger charge is -2.34. The molecule has 1 heterocycles. The zero-order valence-corrected chi connectivity index (χ0v) is 19.4. The Morgan fingerprint density at radius 3 is 2.36 bits per heavy atom. The molecule has 10 heteroatoms. The molecule has 3 rings (SSSR count). The number of benzene rings is 2. The zero-order valence-electron chi connectivity index (χ0n) is 18.6. The number of amides is 1. The Hall–Kier alpha value is -2.98. The van der Waals surface area contributed by atoms with E-state index in [2.05, 4.69) is 0 Å². The maximum absolute atomic E-state index is 13.9. The summed E-state index contributed by atoms with van der Waals surface area (Å²) >= 11 is 0. The molecule has 0 saturated carbocycles. The van der Waals surface area contributed by atoms with E-state index in [0.717, 1.165) is 6.07 Å². The van der Waals surface area contributed by atoms with Crippen LogP contribution in [0.25, 0.3) is 0 Å². The molecular formula is C23H27FN2O6S. The Morgan fingerprint density at radius 1 is 1.03 bits per heavy atom. The summed E-state index contributed by atoms with van der Waals surface area (Å²) < 4.78 is 51.4. The third-order valence-corrected chi connectivity index (χ3v) is 7.34. The van der Waals surface area contributed by atoms with E-state index in [9.17, 15) is 22.4 Å². The predicted molar refractivity (Wildman–Crippen MR) is 119 cm³/mol. The van der Waals surface area contributed by atoms with E-state index in [1.165, 1.54) is 36.5 Å². The Balaban J connectivity index is 1.46. The average Bonchev–Trinajstić information content (AvgIpc) is 2.81. The van der Waals surface area contributed by atoms with Gasteiger partial charge in [0.05, 0.1) is 13.7 Å². The van der Waals surface area contributed by atoms with Gasteiger partial charge in [0.25, 0.3) is 0 Å². The van der Waals surface area contributed by atoms with Crippen molar-refractivity contribution in [2.24, 2.45) is 0 Å². The Labute approximate surface area is 192 Å². The van der Waals surface area contributed by atoms with Gasteiger partial charge in [-0.05, 0) is 43.7 Å². The first-order valence-electron chi connectivity index (χ1n) is 10.6. The molecule has 0 N–H and O–H groups in total. The fraction of sp³-hybridized carbons (Fsp3) is 0.391. The zero-order chi connectivity index (χ0) is 24.0. The number of sulfonamides is 1. The van der Waals surface area contributed by atoms with E-state index in [-0.39, 0.29) is 55.8 Å². The summed E-state index contributed by atoms with van der Waals surface area (Å²) in [6, 6.07) is 10.2. The van der Waals surface area contributed by atoms with Crippen molar-refractivity contribution in [3.05, 3.63) is 53.8 Å². The van der Waals surface area contributed by atoms with Crippen molar-refractivity contribution < 1.29 is 31.9 Å². The van der Waals surface area contributed by atoms with Crippen molar-refractivity contribution in [1.82, 2.24) is 9.21 Å². The number of halogens is 1. The van der Waals surface area contributed by atoms with Crippen molar-refractivity contribution >= 4 is 21.7 Å². The number of piperazine rings is 1. The first kappa shape index (κ1) is 24.7. The number of rotatable bonds is 9. The normalized spacial score (nSPS) is 14.7. The van der Waals surface area contributed by atoms with Gasteiger partial charge < -0.3 is 14.4 Å². The average molecular weight is 479 g/mol. The monoisotopic (exact) mass is 478 g/mol. The number of carbonyl (C=O) groups is 2. The maximum atomic E-state index is 13.9. The van der Waals surface area contributed by atoms with Crippen LogP contribution < -0.4 is 9.47 Å². The van der Waals surface area contributed by atoms with Gasteiger partial charge in [0.1, 0.15) is 10.7 Å². The maximum Gasteiger partial charge on any atom is 0.246 e. The van der Waals surface area contributed by atoms with E-state index < -0.39 is 15.8 Å². The van der Waals surface area contributed by atoms with Gasteiger partial charge >= 0.3 is 0 Å². The molecule has 0 atom stereocenters. The Kier molecular flexibility index (Phi) is 8.04. The number of carbonyl (C=O) groups excluding carboxylic acids is 2. The molecule has 0 spiro atoms. The fourth-order valence-electron chi connectivity index (χ4n) is 3.54. The minimum absolute atomic E-state index is 0.0766. The van der Waals surface area contributed by atoms with Crippen molar-refractivity contribution in [3.63, 3.8) is 0 Å². The third kappa shape index (κ3) is 5.88. The van der Waals surface area contributed by atoms with Crippen LogP contribution in [0.4, 0.5) is 4.39 Å². The van der Waals surface area contributed by atoms with Crippen LogP contribution in [0, 0.1) is 5.82 Å². The summed E-state index contributed by atoms with van der Waals surface area (Å²) in [7, 11) is -2.45. The highest BCUT2D eigenvalue weighted by molar-refractivity contribution is 7.89. The lowest BCUT2D eigenvalue weighted by Crippen LogP contribution is -2.50. The van der Waals surface area contributed by atoms with Crippen molar-refractivity contribution in [2.45, 2.75) is 24.7 Å². The van der Waals surface area contributed by atoms with Crippen molar-refractivity contribution in [3.8, 4) is 11.5 Å². The number of nitrogens with zero attached hydrogens (tertiary/aromatic N) is 2. The summed E-state index contributed by atoms with van der Waals surface area (Å²) in [5, 5.41) is 0. The largest absolute Gasteiger partial charge is 0.493 e. The van der Waals surface area contributed by atoms with Gasteiger partial charge in [-0.15, -0.1) is 0 Å². The second-order valence-electron chi connectivity index (χ2n) is 7.59. The molecule has 0 radical (unpaired) electrons. The quantitative estimate of drug-likeness (QED) is 0.407. The molecule has 0 unspecified atom stereocenters. The summed E-state index contributed by atoms with van der Waals surface area (Å²) in [5.41, 5.74) is 0.519. The second kappa shape index (κ2) is 10.8. The Morgan fingerprint density at radius 2 is 1.73 bits per heavy atom. The molecule has 0 bridgehead atoms. The third-order valence-electron chi connectivity index (χ3n) is 5.41. The number of hydrogen-bond donors (Lipinski definition) is 0. The van der Waals surface area contributed by atoms with Gasteiger partial charge in [0.2, 0.25) is 15.9 Å². The first-order valence-corrected chi connectivity index (χ1v) is 12.0. The topological polar surface area (TPSA) is 93.2 Å². The van der Waals surface area contributed by atoms with Crippen LogP contribution >= 0.6 is 0 Å². The molecule has 8 nitrogen and oxygen atoms in total. The first-order chi connectivity index (χ1) is 15.7. The second-order valence-corrected chi connectivity index (χ2v) is 9.50. The van der Waals surface area contributed by atoms with Crippen molar-refractivity contribution in [1.29, 1.82) is 0 Å². The van der Waals surface area contributed by atoms with Crippen LogP contribution in [0.3, 0.4) is 0 Å². The Bertz CT molecular complexity index is 1110. The molecule has 2 aromatic rings. The van der Waals surface area contributed by atoms with E-state index in [0.29, 0.717) is 23.5 Å². The molecule has 0 aromatic heterocycles. The smallest absolute Gasteiger partial charge is 0.246 e. The summed E-state index contributed by atoms with van der Waals surface area (Å²) in [6.07, 6.45) is 0.706. The molecule has 178 valence electrons. The number of Topliss-reactive ketones (excluding diaryl/α,β-unsaturated/α-hetero) is 1. The van der Waals surface area contributed by atoms with Crippen LogP contribution in [0.15, 0.2) is 47.4 Å². The number of methoxy groups -OCH3 is 1. The van der Waals surface area contributed by atoms with E-state index in [4.69, 9.17) is 9.47 Å². The lowest BCUT2D eigenvalue weighted by atomic mass is 10.1. The molecule has 33 heavy (non-hydrogen) atoms. The van der Waals surface area contributed by atoms with E-state index in [1.54, 1.807) is 23.1 Å². The van der Waals surface area contributed by atoms with Gasteiger partial charge in [-0.2, -0.15) is 4.31 Å². The van der Waals surface area contributed by atoms with E-state index >= 15 is 0 Å². The molecule has 1 fully saturated rings. The van der Waals surface area contributed by atoms with Crippen LogP contribution in [0.5, 0.6) is 11.5 Å². The minimum atomic E-state index is -3.94. The number of ketones is 1. The molecule has 2 aromatic carbocycles. The molecule has 1 amide bonds. The van der Waals surface area contributed by atoms with Crippen LogP contribution in [-0.2, 0) is 14.8 Å². The van der Waals surface area contributed by atoms with Crippen molar-refractivity contribution in [2.75, 3.05) is 39.9 Å². The van der Waals surface area contributed by atoms with Crippen LogP contribution in [-0.4, -0.2) is 69.2 Å². The summed E-state index contributed by atoms with van der Waals surface area (Å²) in [5.74, 6) is -0.0284. The summed E-state index contributed by atoms with van der Waals surface area (Å²) in [4.78, 5) is 25.2. The van der Waals surface area contributed by atoms with Crippen LogP contribution in [0.2, 0.25) is 0 Å². The standard InChI is InChI=1S/C23H27FN2O6S/c1-17(27)18-9-10-20(21(16-18)31-2)32-15-5-8-23(28)25-11-13-26(14-12-25)33(29,30)22-7-4-3-6-19(22)24/h3-4,6-7,9-10,16H,5,8,11-15H2,1-2H3. The summed E-state index contributed by atoms with van der Waals surface area (Å²) in [6.45, 7) is 2.46. The highest BCUT2D eigenvalue weighted by Crippen LogP contribution is 2.28. The molecule has 1 aliphatic heterocycles. The lowest BCUT2D eigenvalue weighted by molar-refractivity contribution is -0.132. The highest BCUT2D eigenvalue weighted by Gasteiger charge is 2.31. The van der Waals surface area contributed by atoms with Gasteiger partial charge in [-0.1, -0.05) is 12.1 Å². The highest BCUT2D eigenvalue weighted by atomic mass is 32.2. The van der Waals surface area contributed by atoms with Gasteiger partial charge in [0, 0.05) is 38.2 Å². The molecule has 1 aliphatic rings. The van der Waals surface area contributed by atoms with Gasteiger partial charge in [0.15, 0.2) is 17.3 Å². The molecule has 1 saturated heterocycles. The van der Waals surface area contributed by atoms with E-state index in [1.807, 2.05) is 0 Å². The number of hydrogen-bond acceptors (Lipinski definition) is 6. The van der Waals surface area contributed by atoms with Gasteiger partial charge in [-0.3, -0.25) is 9.59 Å². The minimum Gasteiger partial charge on any atom is -0.493 e. The fourth-order valence-corrected chi connectivity index (χ4v) is 5.03. The SMILES string of the molecule is COc1cc(C(C)=O)ccc1OCCCC(=O)N1CCN(S(=O)(=O)c2ccccc2F)CC1. The van der Waals surface area contributed by atoms with Gasteiger partial charge in [-0.25, -0.2) is 12.8 Å². The molecule has 0 aliphatic carbocycles. The predicted octanol–water partition coefficient (Wildman–Crippen LogP) is 2.73. The number of ether oxygens (including phenoxy) is 2. The van der Waals surface area contributed by atoms with Crippen LogP contribution in [0.1, 0.15) is 30.1 Å². The molecular weight excluding hydrogens is 451 g/mol.